The summed E-state index contributed by atoms with van der Waals surface area (Å²) in [5.41, 5.74) is -0.138. The highest BCUT2D eigenvalue weighted by Gasteiger charge is 2.18. The van der Waals surface area contributed by atoms with Crippen LogP contribution in [0.3, 0.4) is 0 Å². The first-order valence-electron chi connectivity index (χ1n) is 3.29. The van der Waals surface area contributed by atoms with Gasteiger partial charge in [-0.1, -0.05) is 0 Å². The summed E-state index contributed by atoms with van der Waals surface area (Å²) in [5, 5.41) is 26.4. The molecular weight excluding hydrogens is 178 g/mol. The molecule has 0 spiro atoms. The normalized spacial score (nSPS) is 10.5. The van der Waals surface area contributed by atoms with Crippen LogP contribution in [0.25, 0.3) is 11.0 Å². The molecule has 0 fully saturated rings. The molecule has 0 unspecified atom stereocenters. The Morgan fingerprint density at radius 2 is 2.23 bits per heavy atom. The minimum atomic E-state index is -0.705. The maximum Gasteiger partial charge on any atom is 0.313 e. The largest absolute Gasteiger partial charge is 0.500 e. The summed E-state index contributed by atoms with van der Waals surface area (Å²) >= 11 is 0. The van der Waals surface area contributed by atoms with Gasteiger partial charge in [-0.05, 0) is 16.4 Å². The van der Waals surface area contributed by atoms with E-state index >= 15 is 0 Å². The molecule has 0 saturated heterocycles. The number of nitro groups is 1. The third kappa shape index (κ3) is 0.975. The molecular formula is C6H3N3O4. The molecule has 0 bridgehead atoms. The van der Waals surface area contributed by atoms with Gasteiger partial charge in [0.1, 0.15) is 5.52 Å². The topological polar surface area (TPSA) is 102 Å². The van der Waals surface area contributed by atoms with Crippen LogP contribution in [0, 0.1) is 10.1 Å². The summed E-state index contributed by atoms with van der Waals surface area (Å²) in [4.78, 5) is 9.65. The molecule has 1 N–H and O–H groups in total. The lowest BCUT2D eigenvalue weighted by atomic mass is 10.2. The van der Waals surface area contributed by atoms with Crippen LogP contribution in [0.15, 0.2) is 16.8 Å². The number of fused-ring (bicyclic) bond motifs is 1. The molecule has 1 heterocycles. The van der Waals surface area contributed by atoms with Crippen molar-refractivity contribution in [2.45, 2.75) is 0 Å². The summed E-state index contributed by atoms with van der Waals surface area (Å²) in [6, 6.07) is 2.49. The molecule has 0 aliphatic carbocycles. The molecule has 0 saturated carbocycles. The summed E-state index contributed by atoms with van der Waals surface area (Å²) in [7, 11) is 0. The second-order valence-electron chi connectivity index (χ2n) is 2.32. The molecule has 7 nitrogen and oxygen atoms in total. The molecule has 7 heteroatoms. The zero-order valence-corrected chi connectivity index (χ0v) is 6.17. The van der Waals surface area contributed by atoms with E-state index in [-0.39, 0.29) is 11.0 Å². The fourth-order valence-electron chi connectivity index (χ4n) is 0.975. The first kappa shape index (κ1) is 7.47. The summed E-state index contributed by atoms with van der Waals surface area (Å²) in [6.45, 7) is 0. The average Bonchev–Trinajstić information content (AvgIpc) is 2.52. The highest BCUT2D eigenvalue weighted by Crippen LogP contribution is 2.31. The number of nitro benzene ring substituents is 1. The minimum absolute atomic E-state index is 0.00537. The molecule has 0 atom stereocenters. The van der Waals surface area contributed by atoms with Gasteiger partial charge in [0.2, 0.25) is 5.75 Å². The van der Waals surface area contributed by atoms with E-state index in [9.17, 15) is 15.2 Å². The molecule has 66 valence electrons. The van der Waals surface area contributed by atoms with Crippen molar-refractivity contribution in [2.75, 3.05) is 0 Å². The van der Waals surface area contributed by atoms with Crippen LogP contribution in [-0.4, -0.2) is 20.3 Å². The van der Waals surface area contributed by atoms with E-state index in [4.69, 9.17) is 0 Å². The van der Waals surface area contributed by atoms with Crippen molar-refractivity contribution < 1.29 is 14.7 Å². The van der Waals surface area contributed by atoms with Gasteiger partial charge in [0.05, 0.1) is 4.92 Å². The van der Waals surface area contributed by atoms with Gasteiger partial charge in [0, 0.05) is 6.07 Å². The lowest BCUT2D eigenvalue weighted by Crippen LogP contribution is -1.88. The number of nitrogens with zero attached hydrogens (tertiary/aromatic N) is 3. The number of aromatic nitrogens is 2. The number of rotatable bonds is 1. The van der Waals surface area contributed by atoms with Gasteiger partial charge < -0.3 is 5.11 Å². The Morgan fingerprint density at radius 3 is 2.92 bits per heavy atom. The van der Waals surface area contributed by atoms with Gasteiger partial charge in [-0.3, -0.25) is 10.1 Å². The molecule has 0 aliphatic rings. The summed E-state index contributed by atoms with van der Waals surface area (Å²) < 4.78 is 4.30. The van der Waals surface area contributed by atoms with Crippen LogP contribution >= 0.6 is 0 Å². The van der Waals surface area contributed by atoms with Crippen molar-refractivity contribution >= 4 is 16.7 Å². The average molecular weight is 181 g/mol. The maximum absolute atomic E-state index is 10.4. The lowest BCUT2D eigenvalue weighted by molar-refractivity contribution is -0.385. The predicted molar refractivity (Wildman–Crippen MR) is 40.1 cm³/mol. The quantitative estimate of drug-likeness (QED) is 0.516. The zero-order valence-electron chi connectivity index (χ0n) is 6.17. The van der Waals surface area contributed by atoms with E-state index in [1.54, 1.807) is 0 Å². The molecule has 0 radical (unpaired) electrons. The molecule has 1 aromatic heterocycles. The molecule has 1 aromatic carbocycles. The van der Waals surface area contributed by atoms with Crippen molar-refractivity contribution in [3.8, 4) is 5.75 Å². The third-order valence-corrected chi connectivity index (χ3v) is 1.58. The van der Waals surface area contributed by atoms with Gasteiger partial charge in [0.25, 0.3) is 0 Å². The van der Waals surface area contributed by atoms with Gasteiger partial charge in [-0.15, -0.1) is 0 Å². The first-order valence-corrected chi connectivity index (χ1v) is 3.29. The minimum Gasteiger partial charge on any atom is -0.500 e. The molecule has 2 aromatic rings. The van der Waals surface area contributed by atoms with Crippen LogP contribution in [0.1, 0.15) is 0 Å². The Hall–Kier alpha value is -2.18. The Labute approximate surface area is 70.7 Å². The lowest BCUT2D eigenvalue weighted by Gasteiger charge is -1.93. The smallest absolute Gasteiger partial charge is 0.313 e. The van der Waals surface area contributed by atoms with Gasteiger partial charge in [-0.2, -0.15) is 0 Å². The van der Waals surface area contributed by atoms with Crippen molar-refractivity contribution in [3.63, 3.8) is 0 Å². The van der Waals surface area contributed by atoms with Crippen LogP contribution in [0.4, 0.5) is 5.69 Å². The number of aromatic hydroxyl groups is 1. The van der Waals surface area contributed by atoms with Gasteiger partial charge in [0.15, 0.2) is 5.52 Å². The molecule has 0 aliphatic heterocycles. The highest BCUT2D eigenvalue weighted by molar-refractivity contribution is 5.84. The second-order valence-corrected chi connectivity index (χ2v) is 2.32. The van der Waals surface area contributed by atoms with Crippen LogP contribution < -0.4 is 0 Å². The van der Waals surface area contributed by atoms with Crippen LogP contribution in [-0.2, 0) is 0 Å². The second kappa shape index (κ2) is 2.41. The maximum atomic E-state index is 10.4. The monoisotopic (exact) mass is 181 g/mol. The van der Waals surface area contributed by atoms with Crippen LogP contribution in [0.2, 0.25) is 0 Å². The highest BCUT2D eigenvalue weighted by atomic mass is 16.6. The van der Waals surface area contributed by atoms with E-state index < -0.39 is 16.4 Å². The van der Waals surface area contributed by atoms with Crippen molar-refractivity contribution in [1.29, 1.82) is 0 Å². The Balaban J connectivity index is 2.80. The van der Waals surface area contributed by atoms with E-state index in [2.05, 4.69) is 14.9 Å². The SMILES string of the molecule is O=[N+]([O-])c1ccc2nonc2c1O. The van der Waals surface area contributed by atoms with Crippen LogP contribution in [0.5, 0.6) is 5.75 Å². The van der Waals surface area contributed by atoms with Crippen molar-refractivity contribution in [1.82, 2.24) is 10.3 Å². The van der Waals surface area contributed by atoms with Crippen molar-refractivity contribution in [3.05, 3.63) is 22.2 Å². The summed E-state index contributed by atoms with van der Waals surface area (Å²) in [6.07, 6.45) is 0. The van der Waals surface area contributed by atoms with Gasteiger partial charge in [-0.25, -0.2) is 4.63 Å². The standard InChI is InChI=1S/C6H3N3O4/c10-6-4(9(11)12)2-1-3-5(6)8-13-7-3/h1-2,10H. The number of phenols is 1. The fraction of sp³-hybridized carbons (Fsp3) is 0. The number of hydrogen-bond donors (Lipinski definition) is 1. The predicted octanol–water partition coefficient (Wildman–Crippen LogP) is 0.837. The van der Waals surface area contributed by atoms with E-state index in [0.29, 0.717) is 0 Å². The van der Waals surface area contributed by atoms with E-state index in [1.165, 1.54) is 6.07 Å². The Morgan fingerprint density at radius 1 is 1.46 bits per heavy atom. The number of hydrogen-bond acceptors (Lipinski definition) is 6. The molecule has 2 rings (SSSR count). The van der Waals surface area contributed by atoms with E-state index in [1.807, 2.05) is 0 Å². The Kier molecular flexibility index (Phi) is 1.38. The third-order valence-electron chi connectivity index (χ3n) is 1.58. The zero-order chi connectivity index (χ0) is 9.42. The van der Waals surface area contributed by atoms with Crippen molar-refractivity contribution in [2.24, 2.45) is 0 Å². The number of phenolic OH excluding ortho intramolecular Hbond substituents is 1. The fourth-order valence-corrected chi connectivity index (χ4v) is 0.975. The van der Waals surface area contributed by atoms with E-state index in [0.717, 1.165) is 6.07 Å². The Bertz CT molecular complexity index is 478. The first-order chi connectivity index (χ1) is 6.20. The molecule has 13 heavy (non-hydrogen) atoms. The summed E-state index contributed by atoms with van der Waals surface area (Å²) in [5.74, 6) is -0.524. The number of benzene rings is 1. The molecule has 0 amide bonds. The van der Waals surface area contributed by atoms with Gasteiger partial charge >= 0.3 is 5.69 Å².